The van der Waals surface area contributed by atoms with Gasteiger partial charge in [0.25, 0.3) is 5.22 Å². The van der Waals surface area contributed by atoms with Crippen LogP contribution in [0.3, 0.4) is 0 Å². The van der Waals surface area contributed by atoms with Crippen LogP contribution in [0, 0.1) is 0 Å². The number of rotatable bonds is 4. The largest absolute Gasteiger partial charge is 0.453 e. The Labute approximate surface area is 138 Å². The lowest BCUT2D eigenvalue weighted by atomic mass is 10.2. The number of methoxy groups -OCH3 is 1. The molecule has 0 radical (unpaired) electrons. The molecule has 1 aromatic carbocycles. The molecule has 0 saturated carbocycles. The Morgan fingerprint density at radius 1 is 1.36 bits per heavy atom. The van der Waals surface area contributed by atoms with Gasteiger partial charge in [-0.2, -0.15) is 0 Å². The monoisotopic (exact) mass is 385 g/mol. The second kappa shape index (κ2) is 7.41. The van der Waals surface area contributed by atoms with Crippen molar-refractivity contribution in [1.82, 2.24) is 15.5 Å². The number of hydrogen-bond acceptors (Lipinski definition) is 7. The lowest BCUT2D eigenvalue weighted by Gasteiger charge is -2.07. The average Bonchev–Trinajstić information content (AvgIpc) is 2.95. The lowest BCUT2D eigenvalue weighted by molar-refractivity contribution is -0.119. The zero-order valence-electron chi connectivity index (χ0n) is 11.7. The van der Waals surface area contributed by atoms with E-state index in [1.165, 1.54) is 7.11 Å². The minimum atomic E-state index is -0.808. The van der Waals surface area contributed by atoms with Gasteiger partial charge in [0.05, 0.1) is 17.9 Å². The molecule has 1 atom stereocenters. The summed E-state index contributed by atoms with van der Waals surface area (Å²) < 4.78 is 10.7. The van der Waals surface area contributed by atoms with Gasteiger partial charge in [-0.15, -0.1) is 10.2 Å². The van der Waals surface area contributed by atoms with Crippen LogP contribution in [-0.4, -0.2) is 34.6 Å². The first-order chi connectivity index (χ1) is 10.5. The normalized spacial score (nSPS) is 11.8. The van der Waals surface area contributed by atoms with Crippen LogP contribution in [0.15, 0.2) is 38.4 Å². The van der Waals surface area contributed by atoms with Gasteiger partial charge in [-0.3, -0.25) is 10.1 Å². The smallest absolute Gasteiger partial charge is 0.413 e. The quantitative estimate of drug-likeness (QED) is 0.808. The first kappa shape index (κ1) is 16.5. The van der Waals surface area contributed by atoms with Crippen molar-refractivity contribution < 1.29 is 18.7 Å². The molecule has 22 heavy (non-hydrogen) atoms. The molecule has 116 valence electrons. The van der Waals surface area contributed by atoms with Crippen molar-refractivity contribution in [1.29, 1.82) is 0 Å². The molecule has 0 unspecified atom stereocenters. The maximum absolute atomic E-state index is 11.7. The molecule has 2 rings (SSSR count). The van der Waals surface area contributed by atoms with Gasteiger partial charge in [0, 0.05) is 4.47 Å². The van der Waals surface area contributed by atoms with Crippen LogP contribution in [0.4, 0.5) is 4.79 Å². The maximum atomic E-state index is 11.7. The molecule has 0 spiro atoms. The van der Waals surface area contributed by atoms with Crippen molar-refractivity contribution >= 4 is 39.7 Å². The highest BCUT2D eigenvalue weighted by Gasteiger charge is 2.21. The zero-order valence-corrected chi connectivity index (χ0v) is 14.1. The molecule has 1 N–H and O–H groups in total. The Kier molecular flexibility index (Phi) is 5.56. The Morgan fingerprint density at radius 2 is 2.09 bits per heavy atom. The third kappa shape index (κ3) is 4.08. The van der Waals surface area contributed by atoms with E-state index < -0.39 is 17.3 Å². The van der Waals surface area contributed by atoms with E-state index >= 15 is 0 Å². The third-order valence-electron chi connectivity index (χ3n) is 2.57. The van der Waals surface area contributed by atoms with Gasteiger partial charge in [0.1, 0.15) is 0 Å². The number of thioether (sulfide) groups is 1. The highest BCUT2D eigenvalue weighted by Crippen LogP contribution is 2.30. The number of carbonyl (C=O) groups excluding carboxylic acids is 2. The van der Waals surface area contributed by atoms with Crippen molar-refractivity contribution in [2.75, 3.05) is 7.11 Å². The highest BCUT2D eigenvalue weighted by atomic mass is 79.9. The number of amides is 2. The molecular formula is C13H12BrN3O4S. The summed E-state index contributed by atoms with van der Waals surface area (Å²) >= 11 is 4.45. The predicted octanol–water partition coefficient (Wildman–Crippen LogP) is 2.86. The van der Waals surface area contributed by atoms with E-state index in [-0.39, 0.29) is 5.22 Å². The molecule has 9 heteroatoms. The molecule has 1 aromatic heterocycles. The summed E-state index contributed by atoms with van der Waals surface area (Å²) in [5.74, 6) is -0.159. The summed E-state index contributed by atoms with van der Waals surface area (Å²) in [6, 6.07) is 7.42. The summed E-state index contributed by atoms with van der Waals surface area (Å²) in [5.41, 5.74) is 0.758. The van der Waals surface area contributed by atoms with Crippen LogP contribution in [0.2, 0.25) is 0 Å². The van der Waals surface area contributed by atoms with E-state index in [9.17, 15) is 9.59 Å². The molecule has 1 heterocycles. The predicted molar refractivity (Wildman–Crippen MR) is 83.3 cm³/mol. The van der Waals surface area contributed by atoms with Gasteiger partial charge in [-0.25, -0.2) is 4.79 Å². The summed E-state index contributed by atoms with van der Waals surface area (Å²) in [7, 11) is 1.18. The fourth-order valence-electron chi connectivity index (χ4n) is 1.46. The summed E-state index contributed by atoms with van der Waals surface area (Å²) in [6.07, 6.45) is -0.808. The Morgan fingerprint density at radius 3 is 2.77 bits per heavy atom. The zero-order chi connectivity index (χ0) is 16.1. The number of ether oxygens (including phenoxy) is 1. The minimum Gasteiger partial charge on any atom is -0.453 e. The van der Waals surface area contributed by atoms with Gasteiger partial charge in [-0.05, 0) is 35.0 Å². The third-order valence-corrected chi connectivity index (χ3v) is 4.19. The van der Waals surface area contributed by atoms with Gasteiger partial charge >= 0.3 is 6.09 Å². The average molecular weight is 386 g/mol. The van der Waals surface area contributed by atoms with E-state index in [0.29, 0.717) is 5.89 Å². The van der Waals surface area contributed by atoms with Crippen LogP contribution in [-0.2, 0) is 9.53 Å². The number of nitrogens with one attached hydrogen (secondary N) is 1. The molecule has 2 aromatic rings. The number of alkyl carbamates (subject to hydrolysis) is 1. The summed E-state index contributed by atoms with van der Waals surface area (Å²) in [4.78, 5) is 22.7. The first-order valence-electron chi connectivity index (χ1n) is 6.15. The maximum Gasteiger partial charge on any atom is 0.413 e. The standard InChI is InChI=1S/C13H12BrN3O4S/c1-7(10(18)15-12(19)20-2)22-13-17-16-11(21-13)8-5-3-4-6-9(8)14/h3-7H,1-2H3,(H,15,18,19)/t7-/m0/s1. The number of imide groups is 1. The van der Waals surface area contributed by atoms with Crippen molar-refractivity contribution in [3.05, 3.63) is 28.7 Å². The molecular weight excluding hydrogens is 374 g/mol. The fourth-order valence-corrected chi connectivity index (χ4v) is 2.60. The van der Waals surface area contributed by atoms with Crippen LogP contribution in [0.25, 0.3) is 11.5 Å². The Hall–Kier alpha value is -1.87. The van der Waals surface area contributed by atoms with Crippen molar-refractivity contribution in [2.45, 2.75) is 17.4 Å². The van der Waals surface area contributed by atoms with Crippen LogP contribution in [0.5, 0.6) is 0 Å². The van der Waals surface area contributed by atoms with Crippen LogP contribution in [0.1, 0.15) is 6.92 Å². The van der Waals surface area contributed by atoms with Gasteiger partial charge in [-0.1, -0.05) is 23.9 Å². The first-order valence-corrected chi connectivity index (χ1v) is 7.82. The Bertz CT molecular complexity index is 691. The minimum absolute atomic E-state index is 0.235. The fraction of sp³-hybridized carbons (Fsp3) is 0.231. The number of halogens is 1. The highest BCUT2D eigenvalue weighted by molar-refractivity contribution is 9.10. The SMILES string of the molecule is COC(=O)NC(=O)[C@H](C)Sc1nnc(-c2ccccc2Br)o1. The van der Waals surface area contributed by atoms with Gasteiger partial charge in [0.15, 0.2) is 0 Å². The number of hydrogen-bond donors (Lipinski definition) is 1. The second-order valence-corrected chi connectivity index (χ2v) is 6.24. The molecule has 0 aliphatic carbocycles. The molecule has 0 saturated heterocycles. The number of nitrogens with zero attached hydrogens (tertiary/aromatic N) is 2. The van der Waals surface area contributed by atoms with E-state index in [2.05, 4.69) is 36.2 Å². The van der Waals surface area contributed by atoms with Gasteiger partial charge in [0.2, 0.25) is 11.8 Å². The Balaban J connectivity index is 2.05. The molecule has 0 aliphatic heterocycles. The molecule has 0 bridgehead atoms. The number of benzene rings is 1. The molecule has 0 fully saturated rings. The molecule has 7 nitrogen and oxygen atoms in total. The summed E-state index contributed by atoms with van der Waals surface area (Å²) in [6.45, 7) is 1.62. The van der Waals surface area contributed by atoms with Crippen molar-refractivity contribution in [3.8, 4) is 11.5 Å². The summed E-state index contributed by atoms with van der Waals surface area (Å²) in [5, 5.41) is 9.55. The lowest BCUT2D eigenvalue weighted by Crippen LogP contribution is -2.35. The molecule has 2 amide bonds. The second-order valence-electron chi connectivity index (χ2n) is 4.09. The van der Waals surface area contributed by atoms with Gasteiger partial charge < -0.3 is 9.15 Å². The van der Waals surface area contributed by atoms with E-state index in [0.717, 1.165) is 21.8 Å². The topological polar surface area (TPSA) is 94.3 Å². The molecule has 0 aliphatic rings. The van der Waals surface area contributed by atoms with E-state index in [4.69, 9.17) is 4.42 Å². The number of carbonyl (C=O) groups is 2. The van der Waals surface area contributed by atoms with Crippen molar-refractivity contribution in [3.63, 3.8) is 0 Å². The number of aromatic nitrogens is 2. The van der Waals surface area contributed by atoms with E-state index in [1.807, 2.05) is 24.3 Å². The van der Waals surface area contributed by atoms with Crippen molar-refractivity contribution in [2.24, 2.45) is 0 Å². The van der Waals surface area contributed by atoms with Crippen LogP contribution >= 0.6 is 27.7 Å². The van der Waals surface area contributed by atoms with E-state index in [1.54, 1.807) is 6.92 Å². The van der Waals surface area contributed by atoms with Crippen LogP contribution < -0.4 is 5.32 Å².